The lowest BCUT2D eigenvalue weighted by molar-refractivity contribution is -0.445. The Morgan fingerprint density at radius 3 is 1.68 bits per heavy atom. The van der Waals surface area contributed by atoms with Crippen molar-refractivity contribution >= 4 is 0 Å². The van der Waals surface area contributed by atoms with Gasteiger partial charge < -0.3 is 20.4 Å². The first-order valence-electron chi connectivity index (χ1n) is 5.83. The standard InChI is InChI=1S/C10H14F8O4/c11-6(3-1-2-5(20)4-19)7(12,13)8(14,15)9(16,21)10(17,18)22/h5-6,19-22H,1-4H2. The van der Waals surface area contributed by atoms with E-state index in [0.717, 1.165) is 0 Å². The number of aliphatic hydroxyl groups excluding tert-OH is 2. The minimum absolute atomic E-state index is 0.478. The molecular formula is C10H14F8O4. The summed E-state index contributed by atoms with van der Waals surface area (Å²) in [5.74, 6) is -19.1. The molecule has 0 saturated heterocycles. The van der Waals surface area contributed by atoms with E-state index in [-0.39, 0.29) is 0 Å². The molecule has 0 spiro atoms. The molecule has 4 nitrogen and oxygen atoms in total. The van der Waals surface area contributed by atoms with Crippen LogP contribution in [0, 0.1) is 0 Å². The van der Waals surface area contributed by atoms with Crippen LogP contribution in [0.25, 0.3) is 0 Å². The molecule has 0 radical (unpaired) electrons. The van der Waals surface area contributed by atoms with Gasteiger partial charge >= 0.3 is 23.8 Å². The molecule has 0 heterocycles. The fourth-order valence-electron chi connectivity index (χ4n) is 1.41. The molecule has 0 amide bonds. The molecule has 3 atom stereocenters. The minimum atomic E-state index is -6.65. The molecule has 12 heteroatoms. The molecule has 0 bridgehead atoms. The monoisotopic (exact) mass is 350 g/mol. The Bertz CT molecular complexity index is 357. The Morgan fingerprint density at radius 2 is 1.32 bits per heavy atom. The van der Waals surface area contributed by atoms with Gasteiger partial charge in [0, 0.05) is 0 Å². The van der Waals surface area contributed by atoms with E-state index in [1.807, 2.05) is 0 Å². The molecule has 0 aliphatic carbocycles. The first kappa shape index (κ1) is 21.3. The van der Waals surface area contributed by atoms with Crippen LogP contribution >= 0.6 is 0 Å². The number of hydrogen-bond acceptors (Lipinski definition) is 4. The van der Waals surface area contributed by atoms with Crippen molar-refractivity contribution in [2.24, 2.45) is 0 Å². The van der Waals surface area contributed by atoms with E-state index in [1.54, 1.807) is 0 Å². The topological polar surface area (TPSA) is 80.9 Å². The van der Waals surface area contributed by atoms with Gasteiger partial charge in [-0.1, -0.05) is 0 Å². The van der Waals surface area contributed by atoms with Crippen molar-refractivity contribution in [3.63, 3.8) is 0 Å². The maximum absolute atomic E-state index is 13.2. The SMILES string of the molecule is OCC(O)CCCC(F)C(F)(F)C(F)(F)C(O)(F)C(O)(F)F. The number of halogens is 8. The Hall–Kier alpha value is -0.720. The highest BCUT2D eigenvalue weighted by Crippen LogP contribution is 2.51. The summed E-state index contributed by atoms with van der Waals surface area (Å²) in [6.07, 6.45) is -14.1. The molecule has 0 aromatic rings. The smallest absolute Gasteiger partial charge is 0.394 e. The van der Waals surface area contributed by atoms with Crippen molar-refractivity contribution in [2.45, 2.75) is 55.3 Å². The van der Waals surface area contributed by atoms with E-state index < -0.39 is 62.0 Å². The van der Waals surface area contributed by atoms with Gasteiger partial charge in [-0.05, 0) is 19.3 Å². The van der Waals surface area contributed by atoms with E-state index in [0.29, 0.717) is 0 Å². The third-order valence-corrected chi connectivity index (χ3v) is 2.83. The van der Waals surface area contributed by atoms with Crippen LogP contribution in [-0.2, 0) is 0 Å². The van der Waals surface area contributed by atoms with Crippen molar-refractivity contribution in [2.75, 3.05) is 6.61 Å². The first-order valence-corrected chi connectivity index (χ1v) is 5.83. The van der Waals surface area contributed by atoms with Crippen LogP contribution in [0.5, 0.6) is 0 Å². The molecule has 0 aromatic heterocycles. The van der Waals surface area contributed by atoms with Crippen LogP contribution < -0.4 is 0 Å². The van der Waals surface area contributed by atoms with E-state index in [4.69, 9.17) is 20.4 Å². The number of alkyl halides is 8. The predicted octanol–water partition coefficient (Wildman–Crippen LogP) is 1.36. The Labute approximate surface area is 119 Å². The first-order chi connectivity index (χ1) is 9.63. The van der Waals surface area contributed by atoms with Crippen LogP contribution in [0.2, 0.25) is 0 Å². The summed E-state index contributed by atoms with van der Waals surface area (Å²) >= 11 is 0. The number of hydrogen-bond donors (Lipinski definition) is 4. The molecule has 0 aliphatic rings. The average molecular weight is 350 g/mol. The van der Waals surface area contributed by atoms with Gasteiger partial charge in [-0.25, -0.2) is 4.39 Å². The average Bonchev–Trinajstić information content (AvgIpc) is 2.36. The Balaban J connectivity index is 5.11. The van der Waals surface area contributed by atoms with Crippen LogP contribution in [0.4, 0.5) is 35.1 Å². The highest BCUT2D eigenvalue weighted by molar-refractivity contribution is 5.02. The third kappa shape index (κ3) is 3.97. The molecule has 0 fully saturated rings. The van der Waals surface area contributed by atoms with Gasteiger partial charge in [0.25, 0.3) is 0 Å². The second-order valence-corrected chi connectivity index (χ2v) is 4.60. The van der Waals surface area contributed by atoms with Crippen LogP contribution in [-0.4, -0.2) is 63.1 Å². The predicted molar refractivity (Wildman–Crippen MR) is 55.0 cm³/mol. The summed E-state index contributed by atoms with van der Waals surface area (Å²) < 4.78 is 103. The second-order valence-electron chi connectivity index (χ2n) is 4.60. The summed E-state index contributed by atoms with van der Waals surface area (Å²) in [6, 6.07) is 0. The molecule has 3 unspecified atom stereocenters. The maximum atomic E-state index is 13.2. The molecule has 4 N–H and O–H groups in total. The van der Waals surface area contributed by atoms with Gasteiger partial charge in [-0.15, -0.1) is 0 Å². The van der Waals surface area contributed by atoms with Crippen LogP contribution in [0.15, 0.2) is 0 Å². The Kier molecular flexibility index (Phi) is 6.58. The summed E-state index contributed by atoms with van der Waals surface area (Å²) in [5.41, 5.74) is 0. The molecular weight excluding hydrogens is 336 g/mol. The van der Waals surface area contributed by atoms with Gasteiger partial charge in [0.05, 0.1) is 12.7 Å². The normalized spacial score (nSPS) is 19.6. The zero-order valence-corrected chi connectivity index (χ0v) is 10.8. The Morgan fingerprint density at radius 1 is 0.864 bits per heavy atom. The van der Waals surface area contributed by atoms with Gasteiger partial charge in [0.15, 0.2) is 6.17 Å². The van der Waals surface area contributed by atoms with E-state index in [1.165, 1.54) is 0 Å². The zero-order valence-electron chi connectivity index (χ0n) is 10.8. The quantitative estimate of drug-likeness (QED) is 0.474. The molecule has 134 valence electrons. The van der Waals surface area contributed by atoms with E-state index in [2.05, 4.69) is 0 Å². The lowest BCUT2D eigenvalue weighted by atomic mass is 9.95. The highest BCUT2D eigenvalue weighted by Gasteiger charge is 2.80. The number of aliphatic hydroxyl groups is 4. The lowest BCUT2D eigenvalue weighted by Gasteiger charge is -2.37. The van der Waals surface area contributed by atoms with Gasteiger partial charge in [-0.2, -0.15) is 30.7 Å². The van der Waals surface area contributed by atoms with E-state index >= 15 is 0 Å². The van der Waals surface area contributed by atoms with Crippen molar-refractivity contribution in [3.8, 4) is 0 Å². The van der Waals surface area contributed by atoms with E-state index in [9.17, 15) is 35.1 Å². The van der Waals surface area contributed by atoms with Crippen LogP contribution in [0.3, 0.4) is 0 Å². The molecule has 22 heavy (non-hydrogen) atoms. The second kappa shape index (κ2) is 6.81. The summed E-state index contributed by atoms with van der Waals surface area (Å²) in [6.45, 7) is -0.815. The minimum Gasteiger partial charge on any atom is -0.394 e. The molecule has 0 aromatic carbocycles. The van der Waals surface area contributed by atoms with Crippen LogP contribution in [0.1, 0.15) is 19.3 Å². The van der Waals surface area contributed by atoms with Gasteiger partial charge in [0.1, 0.15) is 0 Å². The van der Waals surface area contributed by atoms with Crippen molar-refractivity contribution in [3.05, 3.63) is 0 Å². The summed E-state index contributed by atoms with van der Waals surface area (Å²) in [4.78, 5) is 0. The summed E-state index contributed by atoms with van der Waals surface area (Å²) in [7, 11) is 0. The summed E-state index contributed by atoms with van der Waals surface area (Å²) in [5, 5.41) is 33.1. The van der Waals surface area contributed by atoms with Gasteiger partial charge in [0.2, 0.25) is 0 Å². The van der Waals surface area contributed by atoms with Gasteiger partial charge in [-0.3, -0.25) is 0 Å². The van der Waals surface area contributed by atoms with Crippen molar-refractivity contribution in [1.29, 1.82) is 0 Å². The van der Waals surface area contributed by atoms with Crippen molar-refractivity contribution < 1.29 is 55.5 Å². The number of rotatable bonds is 9. The lowest BCUT2D eigenvalue weighted by Crippen LogP contribution is -2.66. The van der Waals surface area contributed by atoms with Crippen molar-refractivity contribution in [1.82, 2.24) is 0 Å². The molecule has 0 aliphatic heterocycles. The fraction of sp³-hybridized carbons (Fsp3) is 1.00. The highest BCUT2D eigenvalue weighted by atomic mass is 19.3. The zero-order chi connectivity index (χ0) is 18.0. The molecule has 0 saturated carbocycles. The largest absolute Gasteiger partial charge is 0.418 e. The maximum Gasteiger partial charge on any atom is 0.418 e. The fourth-order valence-corrected chi connectivity index (χ4v) is 1.41. The third-order valence-electron chi connectivity index (χ3n) is 2.83. The molecule has 0 rings (SSSR count).